The third-order valence-corrected chi connectivity index (χ3v) is 8.88. The average Bonchev–Trinajstić information content (AvgIpc) is 3.27. The highest BCUT2D eigenvalue weighted by Gasteiger charge is 2.36. The Labute approximate surface area is 261 Å². The van der Waals surface area contributed by atoms with Crippen LogP contribution in [0.15, 0.2) is 18.2 Å². The number of hydrogen-bond acceptors (Lipinski definition) is 10. The Bertz CT molecular complexity index is 1370. The molecule has 0 bridgehead atoms. The Morgan fingerprint density at radius 1 is 1.09 bits per heavy atom. The molecule has 0 spiro atoms. The highest BCUT2D eigenvalue weighted by Crippen LogP contribution is 2.35. The van der Waals surface area contributed by atoms with E-state index < -0.39 is 5.60 Å². The van der Waals surface area contributed by atoms with Crippen molar-refractivity contribution in [2.24, 2.45) is 0 Å². The van der Waals surface area contributed by atoms with E-state index in [4.69, 9.17) is 24.2 Å². The van der Waals surface area contributed by atoms with Crippen LogP contribution >= 0.6 is 0 Å². The minimum atomic E-state index is -0.609. The van der Waals surface area contributed by atoms with Gasteiger partial charge < -0.3 is 33.8 Å². The average molecular weight is 606 g/mol. The maximum absolute atomic E-state index is 13.1. The summed E-state index contributed by atoms with van der Waals surface area (Å²) in [6.45, 7) is 12.3. The number of likely N-dealkylation sites (tertiary alicyclic amines) is 1. The molecule has 0 aliphatic carbocycles. The van der Waals surface area contributed by atoms with E-state index in [1.54, 1.807) is 12.0 Å². The van der Waals surface area contributed by atoms with E-state index in [9.17, 15) is 10.1 Å². The number of methoxy groups -OCH3 is 1. The van der Waals surface area contributed by atoms with Crippen molar-refractivity contribution >= 4 is 17.6 Å². The summed E-state index contributed by atoms with van der Waals surface area (Å²) < 4.78 is 17.6. The second-order valence-electron chi connectivity index (χ2n) is 13.1. The number of hydrogen-bond donors (Lipinski definition) is 0. The predicted octanol–water partition coefficient (Wildman–Crippen LogP) is 4.56. The highest BCUT2D eigenvalue weighted by atomic mass is 16.6. The molecule has 1 unspecified atom stereocenters. The summed E-state index contributed by atoms with van der Waals surface area (Å²) >= 11 is 0. The van der Waals surface area contributed by atoms with Gasteiger partial charge in [-0.3, -0.25) is 0 Å². The molecule has 1 amide bonds. The van der Waals surface area contributed by atoms with E-state index in [0.29, 0.717) is 44.8 Å². The molecule has 2 saturated heterocycles. The van der Waals surface area contributed by atoms with Gasteiger partial charge in [-0.2, -0.15) is 15.2 Å². The molecule has 5 rings (SSSR count). The highest BCUT2D eigenvalue weighted by molar-refractivity contribution is 5.69. The Kier molecular flexibility index (Phi) is 9.68. The first-order chi connectivity index (χ1) is 21.1. The SMILES string of the molecule is COc1cccc(N2CCCc3c(nc(OC[C@@H]4CCCN4C)nc3N3CCN(C(=O)OC(C)(C)C)C(CC#N)C3)C2)c1C. The fourth-order valence-electron chi connectivity index (χ4n) is 6.54. The van der Waals surface area contributed by atoms with Gasteiger partial charge in [-0.15, -0.1) is 0 Å². The van der Waals surface area contributed by atoms with Crippen molar-refractivity contribution in [1.82, 2.24) is 19.8 Å². The number of carbonyl (C=O) groups excluding carboxylic acids is 1. The number of benzene rings is 1. The molecule has 2 fully saturated rings. The first-order valence-corrected chi connectivity index (χ1v) is 15.8. The van der Waals surface area contributed by atoms with Gasteiger partial charge in [0.1, 0.15) is 23.8 Å². The summed E-state index contributed by atoms with van der Waals surface area (Å²) in [7, 11) is 3.84. The number of nitriles is 1. The smallest absolute Gasteiger partial charge is 0.410 e. The zero-order valence-corrected chi connectivity index (χ0v) is 27.1. The van der Waals surface area contributed by atoms with Crippen molar-refractivity contribution in [2.45, 2.75) is 84.0 Å². The van der Waals surface area contributed by atoms with Crippen LogP contribution < -0.4 is 19.3 Å². The maximum atomic E-state index is 13.1. The number of aromatic nitrogens is 2. The van der Waals surface area contributed by atoms with Gasteiger partial charge >= 0.3 is 12.1 Å². The van der Waals surface area contributed by atoms with Gasteiger partial charge in [0.15, 0.2) is 0 Å². The monoisotopic (exact) mass is 605 g/mol. The van der Waals surface area contributed by atoms with E-state index in [2.05, 4.69) is 40.8 Å². The normalized spacial score (nSPS) is 21.0. The van der Waals surface area contributed by atoms with Gasteiger partial charge in [0.25, 0.3) is 0 Å². The van der Waals surface area contributed by atoms with Crippen LogP contribution in [0.4, 0.5) is 16.3 Å². The molecule has 11 nitrogen and oxygen atoms in total. The topological polar surface area (TPSA) is 107 Å². The standard InChI is InChI=1S/C33H47N7O4/c1-23-28(12-7-13-29(23)42-6)38-17-9-11-26-27(21-38)35-31(43-22-25-10-8-16-37(25)5)36-30(26)39-18-19-40(24(20-39)14-15-34)32(41)44-33(2,3)4/h7,12-13,24-25H,8-11,14,16-22H2,1-6H3/t24?,25-/m0/s1. The van der Waals surface area contributed by atoms with Gasteiger partial charge in [-0.25, -0.2) is 4.79 Å². The Hall–Kier alpha value is -3.78. The van der Waals surface area contributed by atoms with E-state index in [1.807, 2.05) is 32.9 Å². The molecule has 2 aromatic rings. The van der Waals surface area contributed by atoms with Crippen LogP contribution in [0, 0.1) is 18.3 Å². The number of nitrogens with zero attached hydrogens (tertiary/aromatic N) is 7. The number of likely N-dealkylation sites (N-methyl/N-ethyl adjacent to an activating group) is 1. The third kappa shape index (κ3) is 7.12. The fraction of sp³-hybridized carbons (Fsp3) is 0.636. The maximum Gasteiger partial charge on any atom is 0.410 e. The molecule has 0 N–H and O–H groups in total. The number of anilines is 2. The predicted molar refractivity (Wildman–Crippen MR) is 169 cm³/mol. The second-order valence-corrected chi connectivity index (χ2v) is 13.1. The van der Waals surface area contributed by atoms with Gasteiger partial charge in [0, 0.05) is 49.0 Å². The summed E-state index contributed by atoms with van der Waals surface area (Å²) in [6.07, 6.45) is 3.85. The summed E-state index contributed by atoms with van der Waals surface area (Å²) in [5, 5.41) is 9.66. The van der Waals surface area contributed by atoms with Gasteiger partial charge in [-0.1, -0.05) is 6.07 Å². The van der Waals surface area contributed by atoms with E-state index in [-0.39, 0.29) is 18.6 Å². The van der Waals surface area contributed by atoms with Crippen molar-refractivity contribution in [1.29, 1.82) is 5.26 Å². The number of carbonyl (C=O) groups is 1. The minimum Gasteiger partial charge on any atom is -0.496 e. The van der Waals surface area contributed by atoms with Crippen LogP contribution in [-0.4, -0.2) is 97.0 Å². The Balaban J connectivity index is 1.47. The van der Waals surface area contributed by atoms with Crippen molar-refractivity contribution in [3.63, 3.8) is 0 Å². The summed E-state index contributed by atoms with van der Waals surface area (Å²) in [5.41, 5.74) is 3.69. The molecule has 2 atom stereocenters. The lowest BCUT2D eigenvalue weighted by Gasteiger charge is -2.42. The number of fused-ring (bicyclic) bond motifs is 1. The van der Waals surface area contributed by atoms with Crippen LogP contribution in [0.25, 0.3) is 0 Å². The quantitative estimate of drug-likeness (QED) is 0.446. The van der Waals surface area contributed by atoms with Crippen LogP contribution in [-0.2, 0) is 17.7 Å². The van der Waals surface area contributed by atoms with Gasteiger partial charge in [-0.05, 0) is 79.1 Å². The first-order valence-electron chi connectivity index (χ1n) is 15.8. The molecule has 1 aromatic heterocycles. The lowest BCUT2D eigenvalue weighted by Crippen LogP contribution is -2.56. The van der Waals surface area contributed by atoms with E-state index in [0.717, 1.165) is 72.8 Å². The van der Waals surface area contributed by atoms with Crippen LogP contribution in [0.2, 0.25) is 0 Å². The molecule has 3 aliphatic heterocycles. The van der Waals surface area contributed by atoms with Crippen LogP contribution in [0.3, 0.4) is 0 Å². The van der Waals surface area contributed by atoms with Gasteiger partial charge in [0.05, 0.1) is 37.9 Å². The molecule has 1 aromatic carbocycles. The Morgan fingerprint density at radius 2 is 1.91 bits per heavy atom. The molecule has 3 aliphatic rings. The lowest BCUT2D eigenvalue weighted by atomic mass is 10.1. The van der Waals surface area contributed by atoms with E-state index >= 15 is 0 Å². The number of amides is 1. The minimum absolute atomic E-state index is 0.212. The largest absolute Gasteiger partial charge is 0.496 e. The number of piperazine rings is 1. The molecule has 44 heavy (non-hydrogen) atoms. The summed E-state index contributed by atoms with van der Waals surface area (Å²) in [5.74, 6) is 1.72. The zero-order valence-electron chi connectivity index (χ0n) is 27.1. The van der Waals surface area contributed by atoms with Crippen LogP contribution in [0.1, 0.15) is 63.3 Å². The molecule has 11 heteroatoms. The molecule has 4 heterocycles. The first kappa shape index (κ1) is 31.6. The second kappa shape index (κ2) is 13.5. The Morgan fingerprint density at radius 3 is 2.61 bits per heavy atom. The number of ether oxygens (including phenoxy) is 3. The molecular weight excluding hydrogens is 558 g/mol. The van der Waals surface area contributed by atoms with E-state index in [1.165, 1.54) is 0 Å². The van der Waals surface area contributed by atoms with Gasteiger partial charge in [0.2, 0.25) is 0 Å². The van der Waals surface area contributed by atoms with Crippen molar-refractivity contribution in [3.8, 4) is 17.8 Å². The fourth-order valence-corrected chi connectivity index (χ4v) is 6.54. The molecular formula is C33H47N7O4. The molecule has 238 valence electrons. The van der Waals surface area contributed by atoms with Crippen molar-refractivity contribution in [3.05, 3.63) is 35.0 Å². The zero-order chi connectivity index (χ0) is 31.4. The molecule has 0 radical (unpaired) electrons. The molecule has 0 saturated carbocycles. The van der Waals surface area contributed by atoms with Crippen molar-refractivity contribution in [2.75, 3.05) is 63.3 Å². The number of rotatable bonds is 7. The van der Waals surface area contributed by atoms with Crippen molar-refractivity contribution < 1.29 is 19.0 Å². The third-order valence-electron chi connectivity index (χ3n) is 8.88. The summed E-state index contributed by atoms with van der Waals surface area (Å²) in [6, 6.07) is 8.86. The van der Waals surface area contributed by atoms with Crippen LogP contribution in [0.5, 0.6) is 11.8 Å². The lowest BCUT2D eigenvalue weighted by molar-refractivity contribution is 0.0144. The summed E-state index contributed by atoms with van der Waals surface area (Å²) in [4.78, 5) is 31.7.